The van der Waals surface area contributed by atoms with Gasteiger partial charge in [-0.25, -0.2) is 14.4 Å². The summed E-state index contributed by atoms with van der Waals surface area (Å²) in [5.41, 5.74) is 4.34. The van der Waals surface area contributed by atoms with Gasteiger partial charge in [0.1, 0.15) is 11.6 Å². The number of anilines is 1. The summed E-state index contributed by atoms with van der Waals surface area (Å²) in [4.78, 5) is 13.7. The van der Waals surface area contributed by atoms with Gasteiger partial charge in [-0.1, -0.05) is 18.2 Å². The number of pyridine rings is 1. The first kappa shape index (κ1) is 16.1. The molecule has 5 heteroatoms. The first-order chi connectivity index (χ1) is 12.7. The first-order valence-electron chi connectivity index (χ1n) is 8.33. The van der Waals surface area contributed by atoms with E-state index in [0.717, 1.165) is 39.1 Å². The third-order valence-electron chi connectivity index (χ3n) is 4.34. The SMILES string of the molecule is CNc1nc(-c2cccnc2C)nc2ccc(-c3cccc(F)c3)cc12. The van der Waals surface area contributed by atoms with Crippen molar-refractivity contribution in [1.82, 2.24) is 15.0 Å². The van der Waals surface area contributed by atoms with Crippen LogP contribution in [-0.2, 0) is 0 Å². The molecule has 2 aromatic carbocycles. The highest BCUT2D eigenvalue weighted by atomic mass is 19.1. The quantitative estimate of drug-likeness (QED) is 0.577. The molecule has 0 spiro atoms. The van der Waals surface area contributed by atoms with Gasteiger partial charge in [-0.15, -0.1) is 0 Å². The lowest BCUT2D eigenvalue weighted by Gasteiger charge is -2.11. The molecule has 0 aliphatic heterocycles. The highest BCUT2D eigenvalue weighted by Gasteiger charge is 2.12. The monoisotopic (exact) mass is 344 g/mol. The van der Waals surface area contributed by atoms with Crippen LogP contribution < -0.4 is 5.32 Å². The molecule has 0 atom stereocenters. The fourth-order valence-corrected chi connectivity index (χ4v) is 3.01. The van der Waals surface area contributed by atoms with Crippen LogP contribution in [0.2, 0.25) is 0 Å². The number of rotatable bonds is 3. The number of hydrogen-bond acceptors (Lipinski definition) is 4. The molecule has 2 heterocycles. The molecule has 0 aliphatic carbocycles. The number of aryl methyl sites for hydroxylation is 1. The third kappa shape index (κ3) is 2.88. The number of nitrogens with one attached hydrogen (secondary N) is 1. The summed E-state index contributed by atoms with van der Waals surface area (Å²) in [5, 5.41) is 4.03. The smallest absolute Gasteiger partial charge is 0.163 e. The highest BCUT2D eigenvalue weighted by Crippen LogP contribution is 2.30. The van der Waals surface area contributed by atoms with Crippen LogP contribution in [0.1, 0.15) is 5.69 Å². The molecule has 1 N–H and O–H groups in total. The van der Waals surface area contributed by atoms with Gasteiger partial charge in [0.2, 0.25) is 0 Å². The van der Waals surface area contributed by atoms with Crippen LogP contribution in [0.25, 0.3) is 33.4 Å². The summed E-state index contributed by atoms with van der Waals surface area (Å²) in [6.07, 6.45) is 1.75. The van der Waals surface area contributed by atoms with Crippen molar-refractivity contribution in [1.29, 1.82) is 0 Å². The van der Waals surface area contributed by atoms with Gasteiger partial charge in [-0.2, -0.15) is 0 Å². The van der Waals surface area contributed by atoms with Gasteiger partial charge in [0.05, 0.1) is 5.52 Å². The van der Waals surface area contributed by atoms with Gasteiger partial charge in [-0.3, -0.25) is 4.98 Å². The molecule has 0 saturated carbocycles. The normalized spacial score (nSPS) is 10.9. The zero-order chi connectivity index (χ0) is 18.1. The summed E-state index contributed by atoms with van der Waals surface area (Å²) in [6.45, 7) is 1.94. The van der Waals surface area contributed by atoms with E-state index in [2.05, 4.69) is 15.3 Å². The molecule has 128 valence electrons. The van der Waals surface area contributed by atoms with Crippen molar-refractivity contribution in [2.45, 2.75) is 6.92 Å². The van der Waals surface area contributed by atoms with E-state index in [-0.39, 0.29) is 5.82 Å². The van der Waals surface area contributed by atoms with E-state index in [1.165, 1.54) is 12.1 Å². The van der Waals surface area contributed by atoms with E-state index in [4.69, 9.17) is 4.98 Å². The van der Waals surface area contributed by atoms with E-state index in [0.29, 0.717) is 5.82 Å². The Kier molecular flexibility index (Phi) is 4.05. The molecule has 4 nitrogen and oxygen atoms in total. The predicted molar refractivity (Wildman–Crippen MR) is 102 cm³/mol. The first-order valence-corrected chi connectivity index (χ1v) is 8.33. The predicted octanol–water partition coefficient (Wildman–Crippen LogP) is 4.85. The Morgan fingerprint density at radius 1 is 0.923 bits per heavy atom. The van der Waals surface area contributed by atoms with E-state index < -0.39 is 0 Å². The zero-order valence-corrected chi connectivity index (χ0v) is 14.5. The maximum Gasteiger partial charge on any atom is 0.163 e. The fourth-order valence-electron chi connectivity index (χ4n) is 3.01. The molecule has 26 heavy (non-hydrogen) atoms. The number of benzene rings is 2. The minimum atomic E-state index is -0.255. The molecule has 4 aromatic rings. The van der Waals surface area contributed by atoms with Crippen molar-refractivity contribution in [2.75, 3.05) is 12.4 Å². The lowest BCUT2D eigenvalue weighted by Crippen LogP contribution is -2.00. The molecule has 0 aliphatic rings. The molecule has 0 radical (unpaired) electrons. The third-order valence-corrected chi connectivity index (χ3v) is 4.34. The maximum atomic E-state index is 13.5. The topological polar surface area (TPSA) is 50.7 Å². The van der Waals surface area contributed by atoms with Crippen molar-refractivity contribution >= 4 is 16.7 Å². The Bertz CT molecular complexity index is 1110. The number of fused-ring (bicyclic) bond motifs is 1. The maximum absolute atomic E-state index is 13.5. The van der Waals surface area contributed by atoms with Gasteiger partial charge in [0.25, 0.3) is 0 Å². The van der Waals surface area contributed by atoms with Crippen LogP contribution in [0.4, 0.5) is 10.2 Å². The molecule has 4 rings (SSSR count). The van der Waals surface area contributed by atoms with Crippen molar-refractivity contribution < 1.29 is 4.39 Å². The summed E-state index contributed by atoms with van der Waals surface area (Å²) >= 11 is 0. The van der Waals surface area contributed by atoms with E-state index in [1.807, 2.05) is 50.4 Å². The van der Waals surface area contributed by atoms with Gasteiger partial charge in [-0.05, 0) is 54.4 Å². The standard InChI is InChI=1S/C21H17FN4/c1-13-17(7-4-10-24-13)21-25-19-9-8-15(12-18(19)20(23-2)26-21)14-5-3-6-16(22)11-14/h3-12H,1-2H3,(H,23,25,26). The highest BCUT2D eigenvalue weighted by molar-refractivity contribution is 5.94. The molecule has 0 fully saturated rings. The van der Waals surface area contributed by atoms with Gasteiger partial charge >= 0.3 is 0 Å². The molecule has 0 saturated heterocycles. The Hall–Kier alpha value is -3.34. The fraction of sp³-hybridized carbons (Fsp3) is 0.0952. The second-order valence-corrected chi connectivity index (χ2v) is 6.02. The number of nitrogens with zero attached hydrogens (tertiary/aromatic N) is 3. The number of hydrogen-bond donors (Lipinski definition) is 1. The summed E-state index contributed by atoms with van der Waals surface area (Å²) in [5.74, 6) is 1.10. The summed E-state index contributed by atoms with van der Waals surface area (Å²) in [7, 11) is 1.83. The number of halogens is 1. The minimum absolute atomic E-state index is 0.255. The largest absolute Gasteiger partial charge is 0.373 e. The van der Waals surface area contributed by atoms with Crippen molar-refractivity contribution in [2.24, 2.45) is 0 Å². The second kappa shape index (κ2) is 6.52. The van der Waals surface area contributed by atoms with Crippen LogP contribution in [0.3, 0.4) is 0 Å². The van der Waals surface area contributed by atoms with Crippen molar-refractivity contribution in [3.63, 3.8) is 0 Å². The van der Waals surface area contributed by atoms with Crippen LogP contribution in [0.5, 0.6) is 0 Å². The molecular formula is C21H17FN4. The van der Waals surface area contributed by atoms with Crippen molar-refractivity contribution in [3.05, 3.63) is 72.3 Å². The van der Waals surface area contributed by atoms with Crippen molar-refractivity contribution in [3.8, 4) is 22.5 Å². The molecular weight excluding hydrogens is 327 g/mol. The Balaban J connectivity index is 1.90. The zero-order valence-electron chi connectivity index (χ0n) is 14.5. The van der Waals surface area contributed by atoms with Crippen LogP contribution in [-0.4, -0.2) is 22.0 Å². The summed E-state index contributed by atoms with van der Waals surface area (Å²) < 4.78 is 13.5. The summed E-state index contributed by atoms with van der Waals surface area (Å²) in [6, 6.07) is 16.3. The average Bonchev–Trinajstić information content (AvgIpc) is 2.67. The lowest BCUT2D eigenvalue weighted by molar-refractivity contribution is 0.628. The lowest BCUT2D eigenvalue weighted by atomic mass is 10.0. The Morgan fingerprint density at radius 2 is 1.77 bits per heavy atom. The van der Waals surface area contributed by atoms with Gasteiger partial charge in [0.15, 0.2) is 5.82 Å². The minimum Gasteiger partial charge on any atom is -0.373 e. The van der Waals surface area contributed by atoms with E-state index in [1.54, 1.807) is 12.3 Å². The Labute approximate surface area is 150 Å². The van der Waals surface area contributed by atoms with Crippen LogP contribution >= 0.6 is 0 Å². The molecule has 0 amide bonds. The Morgan fingerprint density at radius 3 is 2.54 bits per heavy atom. The van der Waals surface area contributed by atoms with Gasteiger partial charge in [0, 0.05) is 29.9 Å². The molecule has 0 bridgehead atoms. The second-order valence-electron chi connectivity index (χ2n) is 6.02. The number of aromatic nitrogens is 3. The molecule has 0 unspecified atom stereocenters. The molecule has 2 aromatic heterocycles. The van der Waals surface area contributed by atoms with Crippen LogP contribution in [0.15, 0.2) is 60.8 Å². The van der Waals surface area contributed by atoms with E-state index >= 15 is 0 Å². The van der Waals surface area contributed by atoms with E-state index in [9.17, 15) is 4.39 Å². The average molecular weight is 344 g/mol. The van der Waals surface area contributed by atoms with Crippen LogP contribution in [0, 0.1) is 12.7 Å². The van der Waals surface area contributed by atoms with Gasteiger partial charge < -0.3 is 5.32 Å².